The molecule has 0 saturated carbocycles. The Morgan fingerprint density at radius 2 is 1.83 bits per heavy atom. The summed E-state index contributed by atoms with van der Waals surface area (Å²) in [6, 6.07) is 7.31. The molecular formula is C26H30N2O2. The topological polar surface area (TPSA) is 52.1 Å². The fraction of sp³-hybridized carbons (Fsp3) is 0.346. The van der Waals surface area contributed by atoms with E-state index in [1.165, 1.54) is 36.6 Å². The first-order valence-corrected chi connectivity index (χ1v) is 10.4. The molecule has 0 fully saturated rings. The Labute approximate surface area is 179 Å². The smallest absolute Gasteiger partial charge is 0.363 e. The summed E-state index contributed by atoms with van der Waals surface area (Å²) >= 11 is 0. The molecule has 0 bridgehead atoms. The van der Waals surface area contributed by atoms with Crippen LogP contribution in [-0.2, 0) is 0 Å². The van der Waals surface area contributed by atoms with Crippen LogP contribution in [0.3, 0.4) is 0 Å². The second-order valence-electron chi connectivity index (χ2n) is 8.68. The zero-order chi connectivity index (χ0) is 21.7. The highest BCUT2D eigenvalue weighted by atomic mass is 16.5. The molecule has 4 nitrogen and oxygen atoms in total. The Balaban J connectivity index is 1.67. The van der Waals surface area contributed by atoms with Crippen molar-refractivity contribution in [1.82, 2.24) is 9.97 Å². The van der Waals surface area contributed by atoms with E-state index in [0.29, 0.717) is 11.4 Å². The summed E-state index contributed by atoms with van der Waals surface area (Å²) in [7, 11) is 0. The van der Waals surface area contributed by atoms with E-state index >= 15 is 0 Å². The Hall–Kier alpha value is -3.01. The highest BCUT2D eigenvalue weighted by Crippen LogP contribution is 2.40. The maximum Gasteiger partial charge on any atom is 0.363 e. The van der Waals surface area contributed by atoms with Crippen molar-refractivity contribution in [3.8, 4) is 5.75 Å². The monoisotopic (exact) mass is 402 g/mol. The van der Waals surface area contributed by atoms with Gasteiger partial charge in [0.2, 0.25) is 0 Å². The molecule has 0 atom stereocenters. The van der Waals surface area contributed by atoms with Gasteiger partial charge in [0.15, 0.2) is 5.69 Å². The zero-order valence-corrected chi connectivity index (χ0v) is 18.5. The molecule has 4 heteroatoms. The van der Waals surface area contributed by atoms with E-state index in [9.17, 15) is 4.79 Å². The third-order valence-corrected chi connectivity index (χ3v) is 5.54. The van der Waals surface area contributed by atoms with E-state index in [4.69, 9.17) is 4.74 Å². The van der Waals surface area contributed by atoms with Gasteiger partial charge in [-0.3, -0.25) is 4.98 Å². The van der Waals surface area contributed by atoms with Gasteiger partial charge in [0.1, 0.15) is 5.75 Å². The minimum Gasteiger partial charge on any atom is -0.422 e. The molecule has 30 heavy (non-hydrogen) atoms. The predicted octanol–water partition coefficient (Wildman–Crippen LogP) is 6.49. The van der Waals surface area contributed by atoms with E-state index in [1.807, 2.05) is 32.1 Å². The number of esters is 1. The molecular weight excluding hydrogens is 372 g/mol. The molecule has 156 valence electrons. The van der Waals surface area contributed by atoms with Crippen LogP contribution in [0.4, 0.5) is 0 Å². The molecule has 0 radical (unpaired) electrons. The number of carbonyl (C=O) groups excluding carboxylic acids is 1. The molecule has 0 saturated heterocycles. The van der Waals surface area contributed by atoms with Crippen LogP contribution >= 0.6 is 0 Å². The predicted molar refractivity (Wildman–Crippen MR) is 121 cm³/mol. The largest absolute Gasteiger partial charge is 0.422 e. The molecule has 0 aliphatic heterocycles. The second-order valence-corrected chi connectivity index (χ2v) is 8.68. The van der Waals surface area contributed by atoms with Crippen molar-refractivity contribution in [2.75, 3.05) is 0 Å². The number of hydrogen-bond donors (Lipinski definition) is 0. The van der Waals surface area contributed by atoms with Gasteiger partial charge in [-0.15, -0.1) is 0 Å². The first kappa shape index (κ1) is 21.7. The quantitative estimate of drug-likeness (QED) is 0.326. The SMILES string of the molecule is CC(C=CC1=C(C)CCCC1(C)C)=Cc1cnc(C(=O)Oc2ccc(C)cc2)cn1. The highest BCUT2D eigenvalue weighted by Gasteiger charge is 2.26. The fourth-order valence-electron chi connectivity index (χ4n) is 3.79. The summed E-state index contributed by atoms with van der Waals surface area (Å²) in [6.07, 6.45) is 13.0. The lowest BCUT2D eigenvalue weighted by atomic mass is 9.72. The van der Waals surface area contributed by atoms with Crippen molar-refractivity contribution in [3.05, 3.63) is 82.5 Å². The van der Waals surface area contributed by atoms with Gasteiger partial charge < -0.3 is 4.74 Å². The van der Waals surface area contributed by atoms with Crippen LogP contribution < -0.4 is 4.74 Å². The van der Waals surface area contributed by atoms with Crippen LogP contribution in [0.2, 0.25) is 0 Å². The van der Waals surface area contributed by atoms with Gasteiger partial charge in [0, 0.05) is 0 Å². The molecule has 3 rings (SSSR count). The number of nitrogens with zero attached hydrogens (tertiary/aromatic N) is 2. The van der Waals surface area contributed by atoms with Crippen LogP contribution in [0.5, 0.6) is 5.75 Å². The molecule has 0 unspecified atom stereocenters. The van der Waals surface area contributed by atoms with Gasteiger partial charge in [-0.2, -0.15) is 0 Å². The van der Waals surface area contributed by atoms with E-state index < -0.39 is 5.97 Å². The van der Waals surface area contributed by atoms with Crippen LogP contribution in [0.1, 0.15) is 68.7 Å². The van der Waals surface area contributed by atoms with E-state index in [-0.39, 0.29) is 11.1 Å². The van der Waals surface area contributed by atoms with Crippen molar-refractivity contribution in [2.45, 2.75) is 53.9 Å². The van der Waals surface area contributed by atoms with Crippen molar-refractivity contribution in [3.63, 3.8) is 0 Å². The van der Waals surface area contributed by atoms with Gasteiger partial charge >= 0.3 is 5.97 Å². The Morgan fingerprint density at radius 3 is 2.47 bits per heavy atom. The van der Waals surface area contributed by atoms with Gasteiger partial charge in [-0.05, 0) is 74.8 Å². The number of allylic oxidation sites excluding steroid dienone is 5. The minimum absolute atomic E-state index is 0.186. The van der Waals surface area contributed by atoms with Gasteiger partial charge in [-0.25, -0.2) is 9.78 Å². The summed E-state index contributed by atoms with van der Waals surface area (Å²) in [5.74, 6) is -0.0203. The van der Waals surface area contributed by atoms with Crippen LogP contribution in [0.15, 0.2) is 65.5 Å². The molecule has 0 amide bonds. The third-order valence-electron chi connectivity index (χ3n) is 5.54. The van der Waals surface area contributed by atoms with Crippen molar-refractivity contribution in [2.24, 2.45) is 5.41 Å². The molecule has 1 heterocycles. The van der Waals surface area contributed by atoms with Gasteiger partial charge in [0.05, 0.1) is 18.1 Å². The zero-order valence-electron chi connectivity index (χ0n) is 18.5. The van der Waals surface area contributed by atoms with Crippen LogP contribution in [0, 0.1) is 12.3 Å². The first-order chi connectivity index (χ1) is 14.2. The fourth-order valence-corrected chi connectivity index (χ4v) is 3.79. The number of hydrogen-bond acceptors (Lipinski definition) is 4. The molecule has 0 spiro atoms. The molecule has 1 aromatic carbocycles. The average molecular weight is 403 g/mol. The second kappa shape index (κ2) is 9.21. The average Bonchev–Trinajstić information content (AvgIpc) is 2.69. The van der Waals surface area contributed by atoms with Crippen LogP contribution in [-0.4, -0.2) is 15.9 Å². The third kappa shape index (κ3) is 5.53. The molecule has 2 aromatic rings. The highest BCUT2D eigenvalue weighted by molar-refractivity contribution is 5.88. The van der Waals surface area contributed by atoms with Crippen molar-refractivity contribution < 1.29 is 9.53 Å². The van der Waals surface area contributed by atoms with E-state index in [2.05, 4.69) is 42.9 Å². The number of ether oxygens (including phenoxy) is 1. The standard InChI is InChI=1S/C26H30N2O2/c1-18-8-11-22(12-9-18)30-25(29)24-17-27-21(16-28-24)15-19(2)10-13-23-20(3)7-6-14-26(23,4)5/h8-13,15-17H,6-7,14H2,1-5H3. The number of carbonyl (C=O) groups is 1. The Morgan fingerprint density at radius 1 is 1.10 bits per heavy atom. The normalized spacial score (nSPS) is 16.8. The van der Waals surface area contributed by atoms with E-state index in [0.717, 1.165) is 11.1 Å². The molecule has 1 aliphatic rings. The molecule has 0 N–H and O–H groups in total. The summed E-state index contributed by atoms with van der Waals surface area (Å²) < 4.78 is 5.34. The van der Waals surface area contributed by atoms with Gasteiger partial charge in [-0.1, -0.05) is 49.3 Å². The number of rotatable bonds is 5. The summed E-state index contributed by atoms with van der Waals surface area (Å²) in [4.78, 5) is 20.8. The maximum atomic E-state index is 12.2. The van der Waals surface area contributed by atoms with Gasteiger partial charge in [0.25, 0.3) is 0 Å². The summed E-state index contributed by atoms with van der Waals surface area (Å²) in [5.41, 5.74) is 6.21. The van der Waals surface area contributed by atoms with Crippen molar-refractivity contribution >= 4 is 12.0 Å². The number of aryl methyl sites for hydroxylation is 1. The minimum atomic E-state index is -0.513. The molecule has 1 aromatic heterocycles. The number of benzene rings is 1. The van der Waals surface area contributed by atoms with Crippen molar-refractivity contribution in [1.29, 1.82) is 0 Å². The maximum absolute atomic E-state index is 12.2. The lowest BCUT2D eigenvalue weighted by Gasteiger charge is -2.32. The van der Waals surface area contributed by atoms with E-state index in [1.54, 1.807) is 18.3 Å². The Kier molecular flexibility index (Phi) is 6.66. The number of aromatic nitrogens is 2. The Bertz CT molecular complexity index is 994. The first-order valence-electron chi connectivity index (χ1n) is 10.4. The summed E-state index contributed by atoms with van der Waals surface area (Å²) in [5, 5.41) is 0. The summed E-state index contributed by atoms with van der Waals surface area (Å²) in [6.45, 7) is 10.9. The molecule has 1 aliphatic carbocycles. The lowest BCUT2D eigenvalue weighted by Crippen LogP contribution is -2.19. The lowest BCUT2D eigenvalue weighted by molar-refractivity contribution is 0.0728. The van der Waals surface area contributed by atoms with Crippen LogP contribution in [0.25, 0.3) is 6.08 Å².